The van der Waals surface area contributed by atoms with Gasteiger partial charge in [0.2, 0.25) is 5.91 Å². The highest BCUT2D eigenvalue weighted by Crippen LogP contribution is 2.33. The maximum Gasteiger partial charge on any atom is 0.231 e. The highest BCUT2D eigenvalue weighted by Gasteiger charge is 2.29. The van der Waals surface area contributed by atoms with Gasteiger partial charge in [0.1, 0.15) is 18.3 Å². The summed E-state index contributed by atoms with van der Waals surface area (Å²) in [6, 6.07) is 13.4. The molecule has 2 aromatic carbocycles. The lowest BCUT2D eigenvalue weighted by Gasteiger charge is -2.14. The lowest BCUT2D eigenvalue weighted by atomic mass is 10.0. The summed E-state index contributed by atoms with van der Waals surface area (Å²) in [5.41, 5.74) is 1.91. The number of rotatable bonds is 8. The minimum absolute atomic E-state index is 0.0313. The van der Waals surface area contributed by atoms with Crippen molar-refractivity contribution in [3.05, 3.63) is 53.6 Å². The van der Waals surface area contributed by atoms with E-state index in [0.29, 0.717) is 31.4 Å². The van der Waals surface area contributed by atoms with Crippen molar-refractivity contribution in [3.63, 3.8) is 0 Å². The van der Waals surface area contributed by atoms with Crippen molar-refractivity contribution in [1.29, 1.82) is 0 Å². The Morgan fingerprint density at radius 2 is 2.04 bits per heavy atom. The maximum absolute atomic E-state index is 12.6. The third-order valence-electron chi connectivity index (χ3n) is 4.66. The minimum Gasteiger partial charge on any atom is -0.493 e. The normalized spacial score (nSPS) is 15.2. The van der Waals surface area contributed by atoms with Gasteiger partial charge in [0.25, 0.3) is 0 Å². The molecule has 1 aliphatic rings. The van der Waals surface area contributed by atoms with Crippen molar-refractivity contribution < 1.29 is 19.0 Å². The largest absolute Gasteiger partial charge is 0.493 e. The molecular weight excluding hydrogens is 342 g/mol. The Morgan fingerprint density at radius 3 is 2.81 bits per heavy atom. The van der Waals surface area contributed by atoms with Gasteiger partial charge in [-0.05, 0) is 36.1 Å². The van der Waals surface area contributed by atoms with E-state index in [9.17, 15) is 4.79 Å². The maximum atomic E-state index is 12.6. The fourth-order valence-corrected chi connectivity index (χ4v) is 3.04. The third-order valence-corrected chi connectivity index (χ3v) is 4.66. The van der Waals surface area contributed by atoms with Gasteiger partial charge >= 0.3 is 0 Å². The Bertz CT molecular complexity index is 788. The van der Waals surface area contributed by atoms with E-state index in [1.54, 1.807) is 7.11 Å². The van der Waals surface area contributed by atoms with Crippen molar-refractivity contribution in [1.82, 2.24) is 5.32 Å². The van der Waals surface area contributed by atoms with Gasteiger partial charge in [0.05, 0.1) is 13.7 Å². The van der Waals surface area contributed by atoms with Crippen molar-refractivity contribution >= 4 is 5.91 Å². The van der Waals surface area contributed by atoms with Gasteiger partial charge in [0, 0.05) is 12.1 Å². The van der Waals surface area contributed by atoms with Crippen LogP contribution in [0.25, 0.3) is 0 Å². The fourth-order valence-electron chi connectivity index (χ4n) is 3.04. The number of fused-ring (bicyclic) bond motifs is 1. The molecule has 1 atom stereocenters. The van der Waals surface area contributed by atoms with E-state index in [1.807, 2.05) is 42.5 Å². The topological polar surface area (TPSA) is 56.8 Å². The van der Waals surface area contributed by atoms with Crippen molar-refractivity contribution in [3.8, 4) is 17.2 Å². The molecule has 1 N–H and O–H groups in total. The quantitative estimate of drug-likeness (QED) is 0.766. The smallest absolute Gasteiger partial charge is 0.231 e. The zero-order valence-electron chi connectivity index (χ0n) is 16.2. The molecule has 5 heteroatoms. The van der Waals surface area contributed by atoms with E-state index in [4.69, 9.17) is 14.2 Å². The first-order valence-electron chi connectivity index (χ1n) is 9.37. The molecule has 0 bridgehead atoms. The molecule has 1 amide bonds. The molecule has 0 aliphatic carbocycles. The Labute approximate surface area is 160 Å². The van der Waals surface area contributed by atoms with Crippen LogP contribution in [0, 0.1) is 5.92 Å². The molecule has 0 radical (unpaired) electrons. The van der Waals surface area contributed by atoms with Gasteiger partial charge in [-0.1, -0.05) is 38.1 Å². The number of ether oxygens (including phenoxy) is 3. The number of hydrogen-bond acceptors (Lipinski definition) is 4. The first-order valence-corrected chi connectivity index (χ1v) is 9.37. The van der Waals surface area contributed by atoms with Crippen LogP contribution >= 0.6 is 0 Å². The second-order valence-electron chi connectivity index (χ2n) is 7.14. The van der Waals surface area contributed by atoms with E-state index in [-0.39, 0.29) is 11.8 Å². The fraction of sp³-hybridized carbons (Fsp3) is 0.409. The van der Waals surface area contributed by atoms with Crippen LogP contribution in [0.3, 0.4) is 0 Å². The summed E-state index contributed by atoms with van der Waals surface area (Å²) in [7, 11) is 1.62. The molecule has 5 nitrogen and oxygen atoms in total. The molecule has 0 fully saturated rings. The van der Waals surface area contributed by atoms with Crippen LogP contribution in [-0.2, 0) is 11.3 Å². The monoisotopic (exact) mass is 369 g/mol. The average molecular weight is 369 g/mol. The predicted molar refractivity (Wildman–Crippen MR) is 104 cm³/mol. The Kier molecular flexibility index (Phi) is 6.22. The van der Waals surface area contributed by atoms with Crippen LogP contribution in [0.4, 0.5) is 0 Å². The van der Waals surface area contributed by atoms with Crippen LogP contribution in [0.1, 0.15) is 37.3 Å². The van der Waals surface area contributed by atoms with Crippen LogP contribution in [0.5, 0.6) is 17.2 Å². The summed E-state index contributed by atoms with van der Waals surface area (Å²) < 4.78 is 16.8. The minimum atomic E-state index is -0.262. The molecule has 1 aliphatic heterocycles. The van der Waals surface area contributed by atoms with E-state index < -0.39 is 0 Å². The number of carbonyl (C=O) groups excluding carboxylic acids is 1. The molecular formula is C22H27NO4. The molecule has 0 saturated carbocycles. The Balaban J connectivity index is 1.59. The molecule has 3 rings (SSSR count). The molecule has 0 aromatic heterocycles. The first-order chi connectivity index (χ1) is 13.1. The number of methoxy groups -OCH3 is 1. The summed E-state index contributed by atoms with van der Waals surface area (Å²) in [6.07, 6.45) is 0.992. The van der Waals surface area contributed by atoms with Crippen molar-refractivity contribution in [2.75, 3.05) is 20.3 Å². The summed E-state index contributed by atoms with van der Waals surface area (Å²) in [5.74, 6) is 2.50. The van der Waals surface area contributed by atoms with Gasteiger partial charge in [-0.2, -0.15) is 0 Å². The Hall–Kier alpha value is -2.69. The standard InChI is InChI=1S/C22H27NO4/c1-15(2)10-11-26-20-9-8-16(12-21(20)25-3)13-23-22(24)18-14-27-19-7-5-4-6-17(18)19/h4-9,12,15,18H,10-11,13-14H2,1-3H3,(H,23,24). The number of carbonyl (C=O) groups is 1. The van der Waals surface area contributed by atoms with Gasteiger partial charge in [-0.15, -0.1) is 0 Å². The van der Waals surface area contributed by atoms with Crippen molar-refractivity contribution in [2.45, 2.75) is 32.7 Å². The van der Waals surface area contributed by atoms with Gasteiger partial charge < -0.3 is 19.5 Å². The van der Waals surface area contributed by atoms with Crippen LogP contribution in [0.2, 0.25) is 0 Å². The molecule has 2 aromatic rings. The van der Waals surface area contributed by atoms with Crippen LogP contribution in [0.15, 0.2) is 42.5 Å². The molecule has 27 heavy (non-hydrogen) atoms. The van der Waals surface area contributed by atoms with Gasteiger partial charge in [0.15, 0.2) is 11.5 Å². The number of benzene rings is 2. The van der Waals surface area contributed by atoms with Crippen LogP contribution < -0.4 is 19.5 Å². The average Bonchev–Trinajstić information content (AvgIpc) is 3.10. The summed E-state index contributed by atoms with van der Waals surface area (Å²) in [5, 5.41) is 3.00. The highest BCUT2D eigenvalue weighted by molar-refractivity contribution is 5.85. The van der Waals surface area contributed by atoms with E-state index in [1.165, 1.54) is 0 Å². The molecule has 0 spiro atoms. The Morgan fingerprint density at radius 1 is 1.22 bits per heavy atom. The van der Waals surface area contributed by atoms with E-state index in [2.05, 4.69) is 19.2 Å². The third kappa shape index (κ3) is 4.73. The second-order valence-corrected chi connectivity index (χ2v) is 7.14. The first kappa shape index (κ1) is 19.1. The summed E-state index contributed by atoms with van der Waals surface area (Å²) in [4.78, 5) is 12.6. The predicted octanol–water partition coefficient (Wildman–Crippen LogP) is 3.91. The number of amides is 1. The molecule has 1 heterocycles. The SMILES string of the molecule is COc1cc(CNC(=O)C2COc3ccccc32)ccc1OCCC(C)C. The lowest BCUT2D eigenvalue weighted by Crippen LogP contribution is -2.29. The van der Waals surface area contributed by atoms with Gasteiger partial charge in [-0.3, -0.25) is 4.79 Å². The number of nitrogens with one attached hydrogen (secondary N) is 1. The summed E-state index contributed by atoms with van der Waals surface area (Å²) >= 11 is 0. The molecule has 1 unspecified atom stereocenters. The number of hydrogen-bond donors (Lipinski definition) is 1. The zero-order chi connectivity index (χ0) is 19.2. The second kappa shape index (κ2) is 8.80. The summed E-state index contributed by atoms with van der Waals surface area (Å²) in [6.45, 7) is 5.81. The molecule has 144 valence electrons. The van der Waals surface area contributed by atoms with E-state index in [0.717, 1.165) is 29.0 Å². The van der Waals surface area contributed by atoms with E-state index >= 15 is 0 Å². The molecule has 0 saturated heterocycles. The van der Waals surface area contributed by atoms with Gasteiger partial charge in [-0.25, -0.2) is 0 Å². The van der Waals surface area contributed by atoms with Crippen molar-refractivity contribution in [2.24, 2.45) is 5.92 Å². The lowest BCUT2D eigenvalue weighted by molar-refractivity contribution is -0.122. The highest BCUT2D eigenvalue weighted by atomic mass is 16.5. The number of para-hydroxylation sites is 1. The zero-order valence-corrected chi connectivity index (χ0v) is 16.2. The van der Waals surface area contributed by atoms with Crippen LogP contribution in [-0.4, -0.2) is 26.2 Å².